The number of methoxy groups -OCH3 is 2. The van der Waals surface area contributed by atoms with E-state index in [-0.39, 0.29) is 17.7 Å². The van der Waals surface area contributed by atoms with Gasteiger partial charge in [0.05, 0.1) is 42.4 Å². The Labute approximate surface area is 208 Å². The third-order valence-electron chi connectivity index (χ3n) is 5.95. The van der Waals surface area contributed by atoms with Crippen molar-refractivity contribution in [2.45, 2.75) is 18.9 Å². The van der Waals surface area contributed by atoms with Crippen molar-refractivity contribution in [3.05, 3.63) is 53.2 Å². The normalized spacial score (nSPS) is 17.9. The molecule has 1 aliphatic rings. The number of nitrogens with zero attached hydrogens (tertiary/aromatic N) is 2. The molecule has 0 saturated carbocycles. The zero-order valence-corrected chi connectivity index (χ0v) is 20.4. The maximum atomic E-state index is 11.9. The number of hydrogen-bond acceptors (Lipinski definition) is 7. The van der Waals surface area contributed by atoms with Crippen molar-refractivity contribution in [2.24, 2.45) is 5.92 Å². The van der Waals surface area contributed by atoms with Crippen LogP contribution in [0.3, 0.4) is 0 Å². The number of carbonyl (C=O) groups excluding carboxylic acids is 1. The second-order valence-corrected chi connectivity index (χ2v) is 8.76. The second kappa shape index (κ2) is 10.6. The van der Waals surface area contributed by atoms with E-state index in [1.54, 1.807) is 12.3 Å². The van der Waals surface area contributed by atoms with Crippen LogP contribution in [0.2, 0.25) is 10.0 Å². The summed E-state index contributed by atoms with van der Waals surface area (Å²) < 4.78 is 16.4. The smallest absolute Gasteiger partial charge is 0.223 e. The fourth-order valence-corrected chi connectivity index (χ4v) is 4.81. The molecule has 1 aliphatic heterocycles. The third-order valence-corrected chi connectivity index (χ3v) is 6.70. The predicted molar refractivity (Wildman–Crippen MR) is 134 cm³/mol. The Hall–Kier alpha value is -2.87. The van der Waals surface area contributed by atoms with E-state index >= 15 is 0 Å². The summed E-state index contributed by atoms with van der Waals surface area (Å²) >= 11 is 13.1. The van der Waals surface area contributed by atoms with Gasteiger partial charge in [0.2, 0.25) is 5.95 Å². The van der Waals surface area contributed by atoms with E-state index in [9.17, 15) is 4.79 Å². The summed E-state index contributed by atoms with van der Waals surface area (Å²) in [6.45, 7) is 4.70. The van der Waals surface area contributed by atoms with Crippen LogP contribution < -0.4 is 14.8 Å². The van der Waals surface area contributed by atoms with Crippen LogP contribution in [-0.2, 0) is 9.53 Å². The van der Waals surface area contributed by atoms with Crippen molar-refractivity contribution < 1.29 is 19.0 Å². The monoisotopic (exact) mass is 501 g/mol. The molecule has 3 aromatic rings. The van der Waals surface area contributed by atoms with Crippen LogP contribution in [0, 0.1) is 5.92 Å². The highest BCUT2D eigenvalue weighted by atomic mass is 35.5. The van der Waals surface area contributed by atoms with Gasteiger partial charge in [-0.05, 0) is 36.1 Å². The number of halogens is 2. The molecule has 2 aromatic carbocycles. The largest absolute Gasteiger partial charge is 0.495 e. The Morgan fingerprint density at radius 2 is 1.97 bits per heavy atom. The standard InChI is InChI=1S/C25H25Cl2N3O4/c1-4-17(31)10-14-7-8-34-13-19(14)30-25-28-12-16-9-15(5-6-18(16)29-25)22-23(26)20(32-2)11-21(33-3)24(22)27/h4-6,9,11-12,14,19H,1,7-8,10,13H2,2-3H3,(H,28,29,30)/t14-,19?/m1/s1. The lowest BCUT2D eigenvalue weighted by Crippen LogP contribution is -2.40. The van der Waals surface area contributed by atoms with Crippen LogP contribution >= 0.6 is 23.2 Å². The molecule has 1 N–H and O–H groups in total. The Kier molecular flexibility index (Phi) is 7.56. The molecule has 9 heteroatoms. The quantitative estimate of drug-likeness (QED) is 0.403. The molecule has 0 aliphatic carbocycles. The first-order valence-corrected chi connectivity index (χ1v) is 11.6. The Bertz CT molecular complexity index is 1210. The molecule has 0 radical (unpaired) electrons. The van der Waals surface area contributed by atoms with E-state index in [0.29, 0.717) is 52.7 Å². The Balaban J connectivity index is 1.63. The number of rotatable bonds is 8. The molecule has 2 atom stereocenters. The van der Waals surface area contributed by atoms with Gasteiger partial charge in [0.25, 0.3) is 0 Å². The number of aromatic nitrogens is 2. The van der Waals surface area contributed by atoms with Crippen LogP contribution in [0.1, 0.15) is 12.8 Å². The lowest BCUT2D eigenvalue weighted by atomic mass is 9.90. The minimum atomic E-state index is -0.0590. The lowest BCUT2D eigenvalue weighted by molar-refractivity contribution is -0.116. The molecular weight excluding hydrogens is 477 g/mol. The van der Waals surface area contributed by atoms with Crippen LogP contribution in [0.4, 0.5) is 5.95 Å². The zero-order chi connectivity index (χ0) is 24.2. The summed E-state index contributed by atoms with van der Waals surface area (Å²) in [6.07, 6.45) is 4.32. The van der Waals surface area contributed by atoms with E-state index in [4.69, 9.17) is 37.4 Å². The van der Waals surface area contributed by atoms with Crippen molar-refractivity contribution in [1.82, 2.24) is 9.97 Å². The molecule has 1 aromatic heterocycles. The van der Waals surface area contributed by atoms with E-state index in [0.717, 1.165) is 22.9 Å². The molecule has 1 unspecified atom stereocenters. The Morgan fingerprint density at radius 3 is 2.65 bits per heavy atom. The van der Waals surface area contributed by atoms with Gasteiger partial charge >= 0.3 is 0 Å². The maximum Gasteiger partial charge on any atom is 0.223 e. The molecule has 1 fully saturated rings. The SMILES string of the molecule is C=CC(=O)C[C@H]1CCOCC1Nc1ncc2cc(-c3c(Cl)c(OC)cc(OC)c3Cl)ccc2n1. The summed E-state index contributed by atoms with van der Waals surface area (Å²) in [6, 6.07) is 7.28. The first-order chi connectivity index (χ1) is 16.4. The number of ketones is 1. The molecule has 178 valence electrons. The van der Waals surface area contributed by atoms with Crippen molar-refractivity contribution in [2.75, 3.05) is 32.8 Å². The van der Waals surface area contributed by atoms with Crippen molar-refractivity contribution in [1.29, 1.82) is 0 Å². The van der Waals surface area contributed by atoms with Gasteiger partial charge in [-0.2, -0.15) is 0 Å². The van der Waals surface area contributed by atoms with Crippen molar-refractivity contribution in [3.8, 4) is 22.6 Å². The number of anilines is 1. The van der Waals surface area contributed by atoms with Gasteiger partial charge in [0, 0.05) is 36.2 Å². The molecule has 2 heterocycles. The first kappa shape index (κ1) is 24.3. The maximum absolute atomic E-state index is 11.9. The third kappa shape index (κ3) is 4.97. The minimum Gasteiger partial charge on any atom is -0.495 e. The molecular formula is C25H25Cl2N3O4. The summed E-state index contributed by atoms with van der Waals surface area (Å²) in [5, 5.41) is 4.94. The average molecular weight is 502 g/mol. The molecule has 0 bridgehead atoms. The van der Waals surface area contributed by atoms with Gasteiger partial charge in [-0.3, -0.25) is 4.79 Å². The fraction of sp³-hybridized carbons (Fsp3) is 0.320. The molecule has 0 amide bonds. The zero-order valence-electron chi connectivity index (χ0n) is 18.9. The van der Waals surface area contributed by atoms with E-state index in [1.165, 1.54) is 20.3 Å². The molecule has 1 saturated heterocycles. The minimum absolute atomic E-state index is 0.0251. The first-order valence-electron chi connectivity index (χ1n) is 10.8. The number of fused-ring (bicyclic) bond motifs is 1. The lowest BCUT2D eigenvalue weighted by Gasteiger charge is -2.31. The van der Waals surface area contributed by atoms with Gasteiger partial charge < -0.3 is 19.5 Å². The summed E-state index contributed by atoms with van der Waals surface area (Å²) in [5.74, 6) is 1.57. The van der Waals surface area contributed by atoms with Crippen molar-refractivity contribution in [3.63, 3.8) is 0 Å². The van der Waals surface area contributed by atoms with Crippen LogP contribution in [0.5, 0.6) is 11.5 Å². The van der Waals surface area contributed by atoms with Gasteiger partial charge in [0.1, 0.15) is 11.5 Å². The second-order valence-electron chi connectivity index (χ2n) is 8.00. The van der Waals surface area contributed by atoms with Gasteiger partial charge in [0.15, 0.2) is 5.78 Å². The number of hydrogen-bond donors (Lipinski definition) is 1. The number of allylic oxidation sites excluding steroid dienone is 1. The highest BCUT2D eigenvalue weighted by molar-refractivity contribution is 6.41. The van der Waals surface area contributed by atoms with E-state index in [2.05, 4.69) is 21.9 Å². The van der Waals surface area contributed by atoms with Gasteiger partial charge in [-0.1, -0.05) is 35.8 Å². The topological polar surface area (TPSA) is 82.6 Å². The summed E-state index contributed by atoms with van der Waals surface area (Å²) in [5.41, 5.74) is 2.14. The van der Waals surface area contributed by atoms with E-state index < -0.39 is 0 Å². The molecule has 0 spiro atoms. The number of carbonyl (C=O) groups is 1. The van der Waals surface area contributed by atoms with Crippen molar-refractivity contribution >= 4 is 45.8 Å². The molecule has 34 heavy (non-hydrogen) atoms. The average Bonchev–Trinajstić information content (AvgIpc) is 2.85. The Morgan fingerprint density at radius 1 is 1.24 bits per heavy atom. The number of ether oxygens (including phenoxy) is 3. The van der Waals surface area contributed by atoms with Crippen LogP contribution in [-0.4, -0.2) is 49.2 Å². The predicted octanol–water partition coefficient (Wildman–Crippen LogP) is 5.58. The van der Waals surface area contributed by atoms with Gasteiger partial charge in [-0.25, -0.2) is 9.97 Å². The summed E-state index contributed by atoms with van der Waals surface area (Å²) in [7, 11) is 3.08. The molecule has 7 nitrogen and oxygen atoms in total. The van der Waals surface area contributed by atoms with Gasteiger partial charge in [-0.15, -0.1) is 0 Å². The van der Waals surface area contributed by atoms with E-state index in [1.807, 2.05) is 18.2 Å². The highest BCUT2D eigenvalue weighted by Crippen LogP contribution is 2.46. The number of nitrogens with one attached hydrogen (secondary N) is 1. The number of benzene rings is 2. The molecule has 4 rings (SSSR count). The van der Waals surface area contributed by atoms with Crippen LogP contribution in [0.15, 0.2) is 43.1 Å². The summed E-state index contributed by atoms with van der Waals surface area (Å²) in [4.78, 5) is 21.0. The fourth-order valence-electron chi connectivity index (χ4n) is 4.09. The van der Waals surface area contributed by atoms with Crippen LogP contribution in [0.25, 0.3) is 22.0 Å². The highest BCUT2D eigenvalue weighted by Gasteiger charge is 2.28.